The van der Waals surface area contributed by atoms with Crippen LogP contribution in [0.3, 0.4) is 0 Å². The van der Waals surface area contributed by atoms with Gasteiger partial charge >= 0.3 is 5.97 Å². The van der Waals surface area contributed by atoms with Crippen LogP contribution in [-0.4, -0.2) is 25.3 Å². The van der Waals surface area contributed by atoms with Crippen LogP contribution in [0, 0.1) is 6.92 Å². The second-order valence-corrected chi connectivity index (χ2v) is 3.64. The molecule has 0 bridgehead atoms. The van der Waals surface area contributed by atoms with Gasteiger partial charge in [0.1, 0.15) is 11.6 Å². The van der Waals surface area contributed by atoms with Crippen LogP contribution < -0.4 is 5.56 Å². The standard InChI is InChI=1S/C10H11N3O3/c1-6-5-8-9(14)12(7(2)10(15)16)3-4-13(8)11-6/h3-5,7H,1-2H3,(H,15,16). The first-order valence-corrected chi connectivity index (χ1v) is 4.80. The lowest BCUT2D eigenvalue weighted by Crippen LogP contribution is -2.28. The summed E-state index contributed by atoms with van der Waals surface area (Å²) >= 11 is 0. The SMILES string of the molecule is Cc1cc2c(=O)n(C(C)C(=O)O)ccn2n1. The van der Waals surface area contributed by atoms with E-state index in [-0.39, 0.29) is 5.56 Å². The monoisotopic (exact) mass is 221 g/mol. The summed E-state index contributed by atoms with van der Waals surface area (Å²) < 4.78 is 2.63. The Labute approximate surface area is 90.7 Å². The van der Waals surface area contributed by atoms with Crippen molar-refractivity contribution in [1.29, 1.82) is 0 Å². The molecular formula is C10H11N3O3. The third kappa shape index (κ3) is 1.48. The molecule has 0 aromatic carbocycles. The minimum absolute atomic E-state index is 0.349. The highest BCUT2D eigenvalue weighted by molar-refractivity contribution is 5.71. The van der Waals surface area contributed by atoms with Crippen LogP contribution in [-0.2, 0) is 4.79 Å². The number of aliphatic carboxylic acids is 1. The molecule has 0 aliphatic rings. The molecule has 2 aromatic rings. The summed E-state index contributed by atoms with van der Waals surface area (Å²) in [4.78, 5) is 22.7. The van der Waals surface area contributed by atoms with Crippen molar-refractivity contribution in [3.05, 3.63) is 34.5 Å². The van der Waals surface area contributed by atoms with Crippen molar-refractivity contribution in [2.75, 3.05) is 0 Å². The molecule has 84 valence electrons. The van der Waals surface area contributed by atoms with Gasteiger partial charge < -0.3 is 5.11 Å². The number of aryl methyl sites for hydroxylation is 1. The van der Waals surface area contributed by atoms with Crippen LogP contribution in [0.4, 0.5) is 0 Å². The van der Waals surface area contributed by atoms with E-state index in [1.54, 1.807) is 19.2 Å². The highest BCUT2D eigenvalue weighted by Crippen LogP contribution is 2.05. The number of carboxylic acids is 1. The molecule has 2 aromatic heterocycles. The van der Waals surface area contributed by atoms with E-state index in [4.69, 9.17) is 5.11 Å². The molecule has 1 atom stereocenters. The maximum atomic E-state index is 11.9. The van der Waals surface area contributed by atoms with E-state index in [1.165, 1.54) is 22.2 Å². The first kappa shape index (κ1) is 10.4. The largest absolute Gasteiger partial charge is 0.480 e. The lowest BCUT2D eigenvalue weighted by atomic mass is 10.3. The van der Waals surface area contributed by atoms with E-state index in [9.17, 15) is 9.59 Å². The Morgan fingerprint density at radius 3 is 2.81 bits per heavy atom. The number of carboxylic acid groups (broad SMARTS) is 1. The van der Waals surface area contributed by atoms with Crippen LogP contribution in [0.25, 0.3) is 5.52 Å². The summed E-state index contributed by atoms with van der Waals surface area (Å²) in [5, 5.41) is 12.9. The summed E-state index contributed by atoms with van der Waals surface area (Å²) in [7, 11) is 0. The Bertz CT molecular complexity index is 611. The highest BCUT2D eigenvalue weighted by atomic mass is 16.4. The van der Waals surface area contributed by atoms with E-state index in [0.717, 1.165) is 5.69 Å². The van der Waals surface area contributed by atoms with Crippen molar-refractivity contribution in [3.8, 4) is 0 Å². The number of aromatic nitrogens is 3. The fourth-order valence-corrected chi connectivity index (χ4v) is 1.55. The van der Waals surface area contributed by atoms with E-state index in [0.29, 0.717) is 5.52 Å². The Balaban J connectivity index is 2.69. The number of nitrogens with zero attached hydrogens (tertiary/aromatic N) is 3. The zero-order valence-electron chi connectivity index (χ0n) is 8.91. The third-order valence-corrected chi connectivity index (χ3v) is 2.45. The molecule has 0 radical (unpaired) electrons. The van der Waals surface area contributed by atoms with Crippen molar-refractivity contribution in [1.82, 2.24) is 14.2 Å². The smallest absolute Gasteiger partial charge is 0.326 e. The molecule has 0 spiro atoms. The van der Waals surface area contributed by atoms with Gasteiger partial charge in [0.2, 0.25) is 0 Å². The van der Waals surface area contributed by atoms with Crippen LogP contribution in [0.5, 0.6) is 0 Å². The maximum absolute atomic E-state index is 11.9. The zero-order chi connectivity index (χ0) is 11.9. The number of hydrogen-bond acceptors (Lipinski definition) is 3. The Morgan fingerprint density at radius 2 is 2.19 bits per heavy atom. The summed E-state index contributed by atoms with van der Waals surface area (Å²) in [6.45, 7) is 3.24. The Hall–Kier alpha value is -2.11. The Morgan fingerprint density at radius 1 is 1.50 bits per heavy atom. The number of hydrogen-bond donors (Lipinski definition) is 1. The quantitative estimate of drug-likeness (QED) is 0.798. The fourth-order valence-electron chi connectivity index (χ4n) is 1.55. The highest BCUT2D eigenvalue weighted by Gasteiger charge is 2.16. The van der Waals surface area contributed by atoms with Gasteiger partial charge in [-0.05, 0) is 19.9 Å². The number of carbonyl (C=O) groups is 1. The van der Waals surface area contributed by atoms with Gasteiger partial charge in [-0.1, -0.05) is 0 Å². The number of fused-ring (bicyclic) bond motifs is 1. The second-order valence-electron chi connectivity index (χ2n) is 3.64. The first-order chi connectivity index (χ1) is 7.50. The van der Waals surface area contributed by atoms with Gasteiger partial charge in [0.25, 0.3) is 5.56 Å². The van der Waals surface area contributed by atoms with E-state index >= 15 is 0 Å². The average Bonchev–Trinajstić information content (AvgIpc) is 2.59. The summed E-state index contributed by atoms with van der Waals surface area (Å²) in [5.74, 6) is -1.04. The van der Waals surface area contributed by atoms with Crippen LogP contribution >= 0.6 is 0 Å². The van der Waals surface area contributed by atoms with Gasteiger partial charge in [0.05, 0.1) is 5.69 Å². The second kappa shape index (κ2) is 3.48. The molecule has 0 fully saturated rings. The third-order valence-electron chi connectivity index (χ3n) is 2.45. The van der Waals surface area contributed by atoms with Crippen molar-refractivity contribution < 1.29 is 9.90 Å². The molecule has 6 heteroatoms. The normalized spacial score (nSPS) is 12.9. The van der Waals surface area contributed by atoms with Gasteiger partial charge in [-0.2, -0.15) is 5.10 Å². The van der Waals surface area contributed by atoms with Crippen LogP contribution in [0.15, 0.2) is 23.3 Å². The van der Waals surface area contributed by atoms with Crippen molar-refractivity contribution in [2.24, 2.45) is 0 Å². The molecule has 1 N–H and O–H groups in total. The van der Waals surface area contributed by atoms with E-state index < -0.39 is 12.0 Å². The summed E-state index contributed by atoms with van der Waals surface area (Å²) in [6.07, 6.45) is 3.00. The molecule has 1 unspecified atom stereocenters. The first-order valence-electron chi connectivity index (χ1n) is 4.80. The molecule has 2 heterocycles. The maximum Gasteiger partial charge on any atom is 0.326 e. The summed E-state index contributed by atoms with van der Waals surface area (Å²) in [5.41, 5.74) is 0.754. The average molecular weight is 221 g/mol. The molecule has 0 amide bonds. The van der Waals surface area contributed by atoms with Crippen LogP contribution in [0.1, 0.15) is 18.7 Å². The molecule has 0 aliphatic heterocycles. The molecular weight excluding hydrogens is 210 g/mol. The molecule has 2 rings (SSSR count). The van der Waals surface area contributed by atoms with E-state index in [1.807, 2.05) is 0 Å². The zero-order valence-corrected chi connectivity index (χ0v) is 8.91. The van der Waals surface area contributed by atoms with Gasteiger partial charge in [0.15, 0.2) is 0 Å². The minimum Gasteiger partial charge on any atom is -0.480 e. The van der Waals surface area contributed by atoms with Gasteiger partial charge in [0, 0.05) is 12.4 Å². The Kier molecular flexibility index (Phi) is 2.26. The van der Waals surface area contributed by atoms with Crippen LogP contribution in [0.2, 0.25) is 0 Å². The lowest BCUT2D eigenvalue weighted by molar-refractivity contribution is -0.140. The molecule has 16 heavy (non-hydrogen) atoms. The van der Waals surface area contributed by atoms with Gasteiger partial charge in [-0.25, -0.2) is 9.31 Å². The topological polar surface area (TPSA) is 76.6 Å². The van der Waals surface area contributed by atoms with Crippen molar-refractivity contribution in [2.45, 2.75) is 19.9 Å². The molecule has 0 saturated carbocycles. The number of rotatable bonds is 2. The van der Waals surface area contributed by atoms with E-state index in [2.05, 4.69) is 5.10 Å². The predicted molar refractivity (Wildman–Crippen MR) is 56.5 cm³/mol. The molecule has 0 saturated heterocycles. The predicted octanol–water partition coefficient (Wildman–Crippen LogP) is 0.450. The molecule has 6 nitrogen and oxygen atoms in total. The summed E-state index contributed by atoms with van der Waals surface area (Å²) in [6, 6.07) is 0.751. The van der Waals surface area contributed by atoms with Gasteiger partial charge in [-0.15, -0.1) is 0 Å². The lowest BCUT2D eigenvalue weighted by Gasteiger charge is -2.09. The van der Waals surface area contributed by atoms with Gasteiger partial charge in [-0.3, -0.25) is 9.36 Å². The fraction of sp³-hybridized carbons (Fsp3) is 0.300. The van der Waals surface area contributed by atoms with Crippen molar-refractivity contribution >= 4 is 11.5 Å². The molecule has 0 aliphatic carbocycles. The minimum atomic E-state index is -1.04. The van der Waals surface area contributed by atoms with Crippen molar-refractivity contribution in [3.63, 3.8) is 0 Å².